The molecule has 0 aromatic heterocycles. The average Bonchev–Trinajstić information content (AvgIpc) is 2.81. The molecule has 2 amide bonds. The third-order valence-corrected chi connectivity index (χ3v) is 6.12. The lowest BCUT2D eigenvalue weighted by atomic mass is 9.88. The van der Waals surface area contributed by atoms with Crippen molar-refractivity contribution in [3.8, 4) is 0 Å². The Labute approximate surface area is 177 Å². The lowest BCUT2D eigenvalue weighted by Gasteiger charge is -2.41. The quantitative estimate of drug-likeness (QED) is 0.761. The Morgan fingerprint density at radius 1 is 1.13 bits per heavy atom. The minimum Gasteiger partial charge on any atom is -0.366 e. The number of nitrogens with two attached hydrogens (primary N) is 1. The molecule has 164 valence electrons. The Morgan fingerprint density at radius 2 is 1.87 bits per heavy atom. The monoisotopic (exact) mass is 432 g/mol. The summed E-state index contributed by atoms with van der Waals surface area (Å²) in [6, 6.07) is 10.2. The molecule has 0 bridgehead atoms. The van der Waals surface area contributed by atoms with E-state index >= 15 is 0 Å². The van der Waals surface area contributed by atoms with Gasteiger partial charge in [0.25, 0.3) is 0 Å². The van der Waals surface area contributed by atoms with E-state index in [2.05, 4.69) is 10.2 Å². The van der Waals surface area contributed by atoms with Crippen molar-refractivity contribution in [1.82, 2.24) is 5.32 Å². The summed E-state index contributed by atoms with van der Waals surface area (Å²) in [5, 5.41) is 2.16. The summed E-state index contributed by atoms with van der Waals surface area (Å²) >= 11 is 0. The number of nitrogens with one attached hydrogen (secondary N) is 1. The van der Waals surface area contributed by atoms with Gasteiger partial charge < -0.3 is 20.9 Å². The minimum absolute atomic E-state index is 0.230. The van der Waals surface area contributed by atoms with Gasteiger partial charge in [0.2, 0.25) is 5.91 Å². The van der Waals surface area contributed by atoms with Crippen molar-refractivity contribution in [3.05, 3.63) is 53.1 Å². The lowest BCUT2D eigenvalue weighted by molar-refractivity contribution is -0.174. The molecule has 1 saturated heterocycles. The zero-order valence-corrected chi connectivity index (χ0v) is 17.2. The fourth-order valence-corrected chi connectivity index (χ4v) is 4.63. The SMILES string of the molecule is Cc1cccc2c1[C@@H]1C[C@@H](NC(=O)C(F)(F)F)CCN1c1ccc(C(N)=O)cc1N2C. The molecular formula is C22H23F3N4O2. The summed E-state index contributed by atoms with van der Waals surface area (Å²) in [5.41, 5.74) is 10.4. The number of nitrogens with zero attached hydrogens (tertiary/aromatic N) is 2. The highest BCUT2D eigenvalue weighted by Crippen LogP contribution is 2.49. The molecule has 0 spiro atoms. The van der Waals surface area contributed by atoms with Crippen LogP contribution in [0, 0.1) is 6.92 Å². The van der Waals surface area contributed by atoms with Crippen LogP contribution in [0.15, 0.2) is 36.4 Å². The number of halogens is 3. The number of rotatable bonds is 2. The van der Waals surface area contributed by atoms with E-state index in [0.717, 1.165) is 28.2 Å². The summed E-state index contributed by atoms with van der Waals surface area (Å²) in [5.74, 6) is -2.44. The number of carbonyl (C=O) groups excluding carboxylic acids is 2. The summed E-state index contributed by atoms with van der Waals surface area (Å²) in [7, 11) is 1.89. The van der Waals surface area contributed by atoms with Gasteiger partial charge in [-0.1, -0.05) is 12.1 Å². The fraction of sp³-hybridized carbons (Fsp3) is 0.364. The van der Waals surface area contributed by atoms with Gasteiger partial charge in [0.15, 0.2) is 0 Å². The van der Waals surface area contributed by atoms with Crippen LogP contribution in [0.2, 0.25) is 0 Å². The van der Waals surface area contributed by atoms with Crippen molar-refractivity contribution in [1.29, 1.82) is 0 Å². The largest absolute Gasteiger partial charge is 0.471 e. The number of primary amides is 1. The van der Waals surface area contributed by atoms with Crippen LogP contribution >= 0.6 is 0 Å². The predicted octanol–water partition coefficient (Wildman–Crippen LogP) is 3.56. The minimum atomic E-state index is -4.91. The number of piperidine rings is 1. The first-order valence-electron chi connectivity index (χ1n) is 9.99. The van der Waals surface area contributed by atoms with E-state index in [1.807, 2.05) is 43.1 Å². The predicted molar refractivity (Wildman–Crippen MR) is 112 cm³/mol. The first-order valence-corrected chi connectivity index (χ1v) is 9.99. The molecule has 0 saturated carbocycles. The molecule has 2 heterocycles. The normalized spacial score (nSPS) is 20.3. The third-order valence-electron chi connectivity index (χ3n) is 6.12. The van der Waals surface area contributed by atoms with E-state index in [1.165, 1.54) is 0 Å². The standard InChI is InChI=1S/C22H23F3N4O2/c1-12-4-3-5-16-19(12)18-11-14(27-21(31)22(23,24)25)8-9-29(18)15-7-6-13(20(26)30)10-17(15)28(16)2/h3-7,10,14,18H,8-9,11H2,1-2H3,(H2,26,30)(H,27,31)/t14-,18-/m0/s1. The molecule has 2 aliphatic rings. The van der Waals surface area contributed by atoms with Crippen molar-refractivity contribution >= 4 is 28.9 Å². The Hall–Kier alpha value is -3.23. The highest BCUT2D eigenvalue weighted by Gasteiger charge is 2.42. The molecule has 2 aromatic rings. The molecule has 0 unspecified atom stereocenters. The number of aryl methyl sites for hydroxylation is 1. The number of carbonyl (C=O) groups is 2. The van der Waals surface area contributed by atoms with Crippen LogP contribution in [-0.4, -0.2) is 37.6 Å². The van der Waals surface area contributed by atoms with E-state index in [1.54, 1.807) is 12.1 Å². The van der Waals surface area contributed by atoms with Crippen molar-refractivity contribution in [2.24, 2.45) is 5.73 Å². The number of fused-ring (bicyclic) bond motifs is 5. The Balaban J connectivity index is 1.79. The molecule has 4 rings (SSSR count). The van der Waals surface area contributed by atoms with Crippen molar-refractivity contribution < 1.29 is 22.8 Å². The summed E-state index contributed by atoms with van der Waals surface area (Å²) in [6.07, 6.45) is -4.20. The highest BCUT2D eigenvalue weighted by atomic mass is 19.4. The molecule has 3 N–H and O–H groups in total. The van der Waals surface area contributed by atoms with Crippen LogP contribution < -0.4 is 20.9 Å². The second-order valence-electron chi connectivity index (χ2n) is 8.04. The lowest BCUT2D eigenvalue weighted by Crippen LogP contribution is -2.49. The molecule has 9 heteroatoms. The van der Waals surface area contributed by atoms with Crippen molar-refractivity contribution in [3.63, 3.8) is 0 Å². The van der Waals surface area contributed by atoms with Gasteiger partial charge >= 0.3 is 12.1 Å². The average molecular weight is 432 g/mol. The van der Waals surface area contributed by atoms with Gasteiger partial charge in [0, 0.05) is 36.4 Å². The highest BCUT2D eigenvalue weighted by molar-refractivity contribution is 5.96. The maximum atomic E-state index is 12.8. The van der Waals surface area contributed by atoms with Gasteiger partial charge in [-0.2, -0.15) is 13.2 Å². The van der Waals surface area contributed by atoms with E-state index in [4.69, 9.17) is 5.73 Å². The number of alkyl halides is 3. The maximum Gasteiger partial charge on any atom is 0.471 e. The Kier molecular flexibility index (Phi) is 5.07. The molecule has 0 radical (unpaired) electrons. The third kappa shape index (κ3) is 3.68. The molecule has 0 aliphatic carbocycles. The van der Waals surface area contributed by atoms with E-state index < -0.39 is 24.0 Å². The molecule has 2 atom stereocenters. The zero-order chi connectivity index (χ0) is 22.5. The number of benzene rings is 2. The maximum absolute atomic E-state index is 12.8. The van der Waals surface area contributed by atoms with Crippen LogP contribution in [-0.2, 0) is 4.79 Å². The van der Waals surface area contributed by atoms with Crippen LogP contribution in [0.1, 0.15) is 40.4 Å². The van der Waals surface area contributed by atoms with Gasteiger partial charge in [0.05, 0.1) is 17.4 Å². The summed E-state index contributed by atoms with van der Waals surface area (Å²) in [4.78, 5) is 27.4. The van der Waals surface area contributed by atoms with Crippen LogP contribution in [0.25, 0.3) is 0 Å². The molecular weight excluding hydrogens is 409 g/mol. The topological polar surface area (TPSA) is 78.7 Å². The summed E-state index contributed by atoms with van der Waals surface area (Å²) < 4.78 is 38.4. The molecule has 6 nitrogen and oxygen atoms in total. The Morgan fingerprint density at radius 3 is 2.55 bits per heavy atom. The van der Waals surface area contributed by atoms with Gasteiger partial charge in [0.1, 0.15) is 0 Å². The first-order chi connectivity index (χ1) is 14.6. The molecule has 2 aromatic carbocycles. The number of hydrogen-bond acceptors (Lipinski definition) is 4. The second-order valence-corrected chi connectivity index (χ2v) is 8.04. The van der Waals surface area contributed by atoms with Crippen LogP contribution in [0.5, 0.6) is 0 Å². The first kappa shape index (κ1) is 21.0. The van der Waals surface area contributed by atoms with Gasteiger partial charge in [-0.15, -0.1) is 0 Å². The molecule has 2 aliphatic heterocycles. The van der Waals surface area contributed by atoms with E-state index in [-0.39, 0.29) is 6.04 Å². The molecule has 1 fully saturated rings. The van der Waals surface area contributed by atoms with Crippen molar-refractivity contribution in [2.45, 2.75) is 38.0 Å². The molecule has 31 heavy (non-hydrogen) atoms. The summed E-state index contributed by atoms with van der Waals surface area (Å²) in [6.45, 7) is 2.42. The van der Waals surface area contributed by atoms with E-state index in [0.29, 0.717) is 24.9 Å². The number of amides is 2. The zero-order valence-electron chi connectivity index (χ0n) is 17.2. The smallest absolute Gasteiger partial charge is 0.366 e. The van der Waals surface area contributed by atoms with Gasteiger partial charge in [-0.3, -0.25) is 9.59 Å². The van der Waals surface area contributed by atoms with Crippen molar-refractivity contribution in [2.75, 3.05) is 23.4 Å². The Bertz CT molecular complexity index is 1050. The van der Waals surface area contributed by atoms with Crippen LogP contribution in [0.3, 0.4) is 0 Å². The number of anilines is 3. The van der Waals surface area contributed by atoms with Crippen LogP contribution in [0.4, 0.5) is 30.2 Å². The van der Waals surface area contributed by atoms with E-state index in [9.17, 15) is 22.8 Å². The van der Waals surface area contributed by atoms with Gasteiger partial charge in [-0.25, -0.2) is 0 Å². The second kappa shape index (κ2) is 7.47. The van der Waals surface area contributed by atoms with Gasteiger partial charge in [-0.05, 0) is 49.6 Å². The number of hydrogen-bond donors (Lipinski definition) is 2. The fourth-order valence-electron chi connectivity index (χ4n) is 4.63.